The number of carbonyl (C=O) groups is 2. The van der Waals surface area contributed by atoms with Crippen LogP contribution in [0.2, 0.25) is 5.02 Å². The van der Waals surface area contributed by atoms with Crippen molar-refractivity contribution in [2.45, 2.75) is 37.8 Å². The fourth-order valence-electron chi connectivity index (χ4n) is 4.64. The van der Waals surface area contributed by atoms with E-state index in [0.717, 1.165) is 9.87 Å². The lowest BCUT2D eigenvalue weighted by Crippen LogP contribution is -2.53. The number of rotatable bonds is 13. The number of anilines is 1. The van der Waals surface area contributed by atoms with Crippen LogP contribution in [0.3, 0.4) is 0 Å². The maximum atomic E-state index is 15.0. The minimum absolute atomic E-state index is 0.0149. The summed E-state index contributed by atoms with van der Waals surface area (Å²) in [5.74, 6) is -1.50. The lowest BCUT2D eigenvalue weighted by Gasteiger charge is -2.34. The zero-order chi connectivity index (χ0) is 31.7. The molecule has 1 N–H and O–H groups in total. The highest BCUT2D eigenvalue weighted by Crippen LogP contribution is 2.26. The number of amides is 2. The Kier molecular flexibility index (Phi) is 11.1. The molecule has 4 aromatic carbocycles. The number of carbonyl (C=O) groups excluding carboxylic acids is 2. The molecule has 0 bridgehead atoms. The van der Waals surface area contributed by atoms with Gasteiger partial charge in [-0.1, -0.05) is 92.2 Å². The first-order valence-corrected chi connectivity index (χ1v) is 16.1. The Morgan fingerprint density at radius 3 is 2.05 bits per heavy atom. The highest BCUT2D eigenvalue weighted by atomic mass is 35.5. The summed E-state index contributed by atoms with van der Waals surface area (Å²) in [5.41, 5.74) is 1.19. The summed E-state index contributed by atoms with van der Waals surface area (Å²) in [5, 5.41) is 3.30. The Hall–Kier alpha value is -4.21. The normalized spacial score (nSPS) is 12.0. The fourth-order valence-corrected chi connectivity index (χ4v) is 6.20. The summed E-state index contributed by atoms with van der Waals surface area (Å²) >= 11 is 6.09. The Labute approximate surface area is 263 Å². The lowest BCUT2D eigenvalue weighted by atomic mass is 10.0. The summed E-state index contributed by atoms with van der Waals surface area (Å²) in [6.07, 6.45) is 0.136. The van der Waals surface area contributed by atoms with Crippen LogP contribution in [0.1, 0.15) is 25.0 Å². The lowest BCUT2D eigenvalue weighted by molar-refractivity contribution is -0.140. The van der Waals surface area contributed by atoms with Crippen molar-refractivity contribution < 1.29 is 22.4 Å². The van der Waals surface area contributed by atoms with E-state index < -0.39 is 40.2 Å². The molecule has 230 valence electrons. The van der Waals surface area contributed by atoms with E-state index in [1.807, 2.05) is 44.2 Å². The van der Waals surface area contributed by atoms with Crippen LogP contribution >= 0.6 is 11.6 Å². The highest BCUT2D eigenvalue weighted by molar-refractivity contribution is 7.92. The van der Waals surface area contributed by atoms with E-state index in [1.165, 1.54) is 53.4 Å². The average Bonchev–Trinajstić information content (AvgIpc) is 3.02. The van der Waals surface area contributed by atoms with E-state index >= 15 is 0 Å². The van der Waals surface area contributed by atoms with Crippen LogP contribution in [0.25, 0.3) is 0 Å². The third-order valence-electron chi connectivity index (χ3n) is 6.98. The van der Waals surface area contributed by atoms with Gasteiger partial charge in [-0.3, -0.25) is 13.9 Å². The zero-order valence-electron chi connectivity index (χ0n) is 24.6. The van der Waals surface area contributed by atoms with Gasteiger partial charge in [0.1, 0.15) is 18.4 Å². The number of benzene rings is 4. The first kappa shape index (κ1) is 32.7. The van der Waals surface area contributed by atoms with E-state index in [1.54, 1.807) is 30.3 Å². The maximum absolute atomic E-state index is 15.0. The van der Waals surface area contributed by atoms with Gasteiger partial charge in [0.05, 0.1) is 10.6 Å². The number of hydrogen-bond acceptors (Lipinski definition) is 4. The van der Waals surface area contributed by atoms with Crippen molar-refractivity contribution in [2.75, 3.05) is 17.4 Å². The quantitative estimate of drug-likeness (QED) is 0.193. The molecule has 0 saturated carbocycles. The predicted octanol–water partition coefficient (Wildman–Crippen LogP) is 6.09. The first-order chi connectivity index (χ1) is 21.1. The summed E-state index contributed by atoms with van der Waals surface area (Å²) < 4.78 is 43.9. The molecule has 0 radical (unpaired) electrons. The molecule has 0 aromatic heterocycles. The number of nitrogens with zero attached hydrogens (tertiary/aromatic N) is 2. The number of hydrogen-bond donors (Lipinski definition) is 1. The number of nitrogens with one attached hydrogen (secondary N) is 1. The van der Waals surface area contributed by atoms with Crippen molar-refractivity contribution in [1.82, 2.24) is 10.2 Å². The van der Waals surface area contributed by atoms with Gasteiger partial charge in [-0.05, 0) is 53.9 Å². The molecule has 0 saturated heterocycles. The third-order valence-corrected chi connectivity index (χ3v) is 9.02. The molecule has 1 atom stereocenters. The molecular formula is C34H35ClFN3O4S. The highest BCUT2D eigenvalue weighted by Gasteiger charge is 2.35. The largest absolute Gasteiger partial charge is 0.354 e. The molecule has 0 aliphatic heterocycles. The van der Waals surface area contributed by atoms with Gasteiger partial charge in [-0.15, -0.1) is 0 Å². The van der Waals surface area contributed by atoms with Crippen LogP contribution in [0.5, 0.6) is 0 Å². The molecule has 10 heteroatoms. The standard InChI is InChI=1S/C34H35ClFN3O4S/c1-25(2)22-37-34(41)32(21-26-11-5-3-6-12-26)38(23-27-13-9-10-16-31(27)36)33(40)24-39(29-19-17-28(35)18-20-29)44(42,43)30-14-7-4-8-15-30/h3-20,25,32H,21-24H2,1-2H3,(H,37,41)/t32-/m0/s1. The van der Waals surface area contributed by atoms with Gasteiger partial charge >= 0.3 is 0 Å². The minimum Gasteiger partial charge on any atom is -0.354 e. The van der Waals surface area contributed by atoms with Gasteiger partial charge in [0, 0.05) is 30.1 Å². The molecular weight excluding hydrogens is 601 g/mol. The van der Waals surface area contributed by atoms with Gasteiger partial charge in [0.15, 0.2) is 0 Å². The van der Waals surface area contributed by atoms with Gasteiger partial charge in [0.2, 0.25) is 11.8 Å². The van der Waals surface area contributed by atoms with Crippen LogP contribution < -0.4 is 9.62 Å². The van der Waals surface area contributed by atoms with Crippen LogP contribution in [0.15, 0.2) is 114 Å². The van der Waals surface area contributed by atoms with Crippen molar-refractivity contribution in [3.63, 3.8) is 0 Å². The molecule has 0 spiro atoms. The van der Waals surface area contributed by atoms with Crippen molar-refractivity contribution in [3.8, 4) is 0 Å². The third kappa shape index (κ3) is 8.45. The zero-order valence-corrected chi connectivity index (χ0v) is 26.1. The Morgan fingerprint density at radius 2 is 1.43 bits per heavy atom. The molecule has 44 heavy (non-hydrogen) atoms. The van der Waals surface area contributed by atoms with E-state index in [9.17, 15) is 22.4 Å². The average molecular weight is 636 g/mol. The molecule has 0 aliphatic carbocycles. The van der Waals surface area contributed by atoms with Gasteiger partial charge in [-0.2, -0.15) is 0 Å². The number of halogens is 2. The molecule has 0 heterocycles. The second-order valence-corrected chi connectivity index (χ2v) is 13.1. The van der Waals surface area contributed by atoms with Crippen molar-refractivity contribution in [1.29, 1.82) is 0 Å². The van der Waals surface area contributed by atoms with Crippen molar-refractivity contribution in [2.24, 2.45) is 5.92 Å². The van der Waals surface area contributed by atoms with E-state index in [-0.39, 0.29) is 35.0 Å². The first-order valence-electron chi connectivity index (χ1n) is 14.2. The van der Waals surface area contributed by atoms with Crippen LogP contribution in [0, 0.1) is 11.7 Å². The fraction of sp³-hybridized carbons (Fsp3) is 0.235. The monoisotopic (exact) mass is 635 g/mol. The Balaban J connectivity index is 1.79. The molecule has 0 fully saturated rings. The van der Waals surface area contributed by atoms with Gasteiger partial charge in [0.25, 0.3) is 10.0 Å². The second kappa shape index (κ2) is 15.0. The summed E-state index contributed by atoms with van der Waals surface area (Å²) in [4.78, 5) is 29.3. The SMILES string of the molecule is CC(C)CNC(=O)[C@H](Cc1ccccc1)N(Cc1ccccc1F)C(=O)CN(c1ccc(Cl)cc1)S(=O)(=O)c1ccccc1. The molecule has 4 aromatic rings. The van der Waals surface area contributed by atoms with Crippen LogP contribution in [-0.4, -0.2) is 44.3 Å². The summed E-state index contributed by atoms with van der Waals surface area (Å²) in [7, 11) is -4.23. The molecule has 7 nitrogen and oxygen atoms in total. The molecule has 2 amide bonds. The Morgan fingerprint density at radius 1 is 0.841 bits per heavy atom. The maximum Gasteiger partial charge on any atom is 0.264 e. The van der Waals surface area contributed by atoms with Crippen LogP contribution in [0.4, 0.5) is 10.1 Å². The van der Waals surface area contributed by atoms with E-state index in [2.05, 4.69) is 5.32 Å². The van der Waals surface area contributed by atoms with Crippen molar-refractivity contribution in [3.05, 3.63) is 131 Å². The molecule has 4 rings (SSSR count). The van der Waals surface area contributed by atoms with E-state index in [0.29, 0.717) is 11.6 Å². The van der Waals surface area contributed by atoms with Crippen LogP contribution in [-0.2, 0) is 32.6 Å². The van der Waals surface area contributed by atoms with Gasteiger partial charge in [-0.25, -0.2) is 12.8 Å². The van der Waals surface area contributed by atoms with Crippen molar-refractivity contribution >= 4 is 39.1 Å². The topological polar surface area (TPSA) is 86.8 Å². The second-order valence-electron chi connectivity index (χ2n) is 10.8. The van der Waals surface area contributed by atoms with Gasteiger partial charge < -0.3 is 10.2 Å². The summed E-state index contributed by atoms with van der Waals surface area (Å²) in [6.45, 7) is 3.37. The predicted molar refractivity (Wildman–Crippen MR) is 171 cm³/mol. The minimum atomic E-state index is -4.23. The summed E-state index contributed by atoms with van der Waals surface area (Å²) in [6, 6.07) is 28.0. The van der Waals surface area contributed by atoms with E-state index in [4.69, 9.17) is 11.6 Å². The Bertz CT molecular complexity index is 1650. The number of sulfonamides is 1. The molecule has 0 unspecified atom stereocenters. The smallest absolute Gasteiger partial charge is 0.264 e. The molecule has 0 aliphatic rings.